The van der Waals surface area contributed by atoms with E-state index >= 15 is 0 Å². The van der Waals surface area contributed by atoms with E-state index in [-0.39, 0.29) is 17.3 Å². The fourth-order valence-electron chi connectivity index (χ4n) is 1.23. The van der Waals surface area contributed by atoms with E-state index in [2.05, 4.69) is 5.10 Å². The normalized spacial score (nSPS) is 21.4. The zero-order valence-electron chi connectivity index (χ0n) is 7.10. The molecule has 1 aromatic heterocycles. The second kappa shape index (κ2) is 2.87. The molecule has 2 rings (SSSR count). The summed E-state index contributed by atoms with van der Waals surface area (Å²) in [5.41, 5.74) is -1.01. The van der Waals surface area contributed by atoms with Gasteiger partial charge in [-0.3, -0.25) is 4.68 Å². The SMILES string of the molecule is Cn1nc(C(F)(F)F)c(C2CO2)c1Cl. The monoisotopic (exact) mass is 226 g/mol. The third-order valence-corrected chi connectivity index (χ3v) is 2.38. The van der Waals surface area contributed by atoms with Gasteiger partial charge in [0.25, 0.3) is 0 Å². The molecule has 1 unspecified atom stereocenters. The van der Waals surface area contributed by atoms with Crippen LogP contribution in [0.5, 0.6) is 0 Å². The lowest BCUT2D eigenvalue weighted by Gasteiger charge is -2.03. The molecule has 0 saturated carbocycles. The Morgan fingerprint density at radius 2 is 2.14 bits per heavy atom. The van der Waals surface area contributed by atoms with E-state index in [9.17, 15) is 13.2 Å². The molecule has 0 aromatic carbocycles. The van der Waals surface area contributed by atoms with Crippen LogP contribution in [0.25, 0.3) is 0 Å². The number of nitrogens with zero attached hydrogens (tertiary/aromatic N) is 2. The van der Waals surface area contributed by atoms with E-state index in [1.54, 1.807) is 0 Å². The molecule has 1 saturated heterocycles. The Balaban J connectivity index is 2.53. The molecule has 1 aliphatic rings. The maximum Gasteiger partial charge on any atom is 0.435 e. The van der Waals surface area contributed by atoms with Gasteiger partial charge in [0.1, 0.15) is 11.3 Å². The smallest absolute Gasteiger partial charge is 0.368 e. The van der Waals surface area contributed by atoms with Crippen LogP contribution in [0.15, 0.2) is 0 Å². The van der Waals surface area contributed by atoms with E-state index in [4.69, 9.17) is 16.3 Å². The molecule has 0 radical (unpaired) electrons. The minimum atomic E-state index is -4.48. The molecule has 7 heteroatoms. The molecule has 1 aliphatic heterocycles. The van der Waals surface area contributed by atoms with Crippen LogP contribution in [0, 0.1) is 0 Å². The van der Waals surface area contributed by atoms with Crippen LogP contribution >= 0.6 is 11.6 Å². The fourth-order valence-corrected chi connectivity index (χ4v) is 1.48. The fraction of sp³-hybridized carbons (Fsp3) is 0.571. The van der Waals surface area contributed by atoms with Crippen molar-refractivity contribution < 1.29 is 17.9 Å². The summed E-state index contributed by atoms with van der Waals surface area (Å²) >= 11 is 5.68. The highest BCUT2D eigenvalue weighted by Gasteiger charge is 2.44. The number of rotatable bonds is 1. The van der Waals surface area contributed by atoms with Crippen molar-refractivity contribution in [2.24, 2.45) is 7.05 Å². The molecule has 78 valence electrons. The minimum Gasteiger partial charge on any atom is -0.368 e. The van der Waals surface area contributed by atoms with Gasteiger partial charge in [-0.15, -0.1) is 0 Å². The molecular formula is C7H6ClF3N2O. The van der Waals surface area contributed by atoms with Crippen molar-refractivity contribution in [2.45, 2.75) is 12.3 Å². The molecule has 1 fully saturated rings. The van der Waals surface area contributed by atoms with Crippen LogP contribution in [0.4, 0.5) is 13.2 Å². The highest BCUT2D eigenvalue weighted by Crippen LogP contribution is 2.42. The highest BCUT2D eigenvalue weighted by molar-refractivity contribution is 6.30. The number of aromatic nitrogens is 2. The molecule has 0 amide bonds. The van der Waals surface area contributed by atoms with E-state index in [1.807, 2.05) is 0 Å². The van der Waals surface area contributed by atoms with Crippen LogP contribution in [-0.4, -0.2) is 16.4 Å². The first-order valence-electron chi connectivity index (χ1n) is 3.82. The van der Waals surface area contributed by atoms with Crippen LogP contribution in [0.1, 0.15) is 17.4 Å². The zero-order valence-corrected chi connectivity index (χ0v) is 7.85. The van der Waals surface area contributed by atoms with E-state index < -0.39 is 18.0 Å². The van der Waals surface area contributed by atoms with E-state index in [1.165, 1.54) is 7.05 Å². The first-order valence-corrected chi connectivity index (χ1v) is 4.20. The van der Waals surface area contributed by atoms with Gasteiger partial charge in [-0.2, -0.15) is 18.3 Å². The molecule has 0 aliphatic carbocycles. The van der Waals surface area contributed by atoms with Gasteiger partial charge in [-0.1, -0.05) is 11.6 Å². The van der Waals surface area contributed by atoms with Gasteiger partial charge < -0.3 is 4.74 Å². The largest absolute Gasteiger partial charge is 0.435 e. The van der Waals surface area contributed by atoms with Gasteiger partial charge >= 0.3 is 6.18 Å². The number of alkyl halides is 3. The van der Waals surface area contributed by atoms with Crippen molar-refractivity contribution in [3.63, 3.8) is 0 Å². The van der Waals surface area contributed by atoms with Crippen molar-refractivity contribution >= 4 is 11.6 Å². The molecule has 2 heterocycles. The molecular weight excluding hydrogens is 221 g/mol. The maximum atomic E-state index is 12.4. The molecule has 0 N–H and O–H groups in total. The minimum absolute atomic E-state index is 0.0141. The summed E-state index contributed by atoms with van der Waals surface area (Å²) in [6.45, 7) is 0.272. The van der Waals surface area contributed by atoms with Gasteiger partial charge in [0.15, 0.2) is 5.69 Å². The Labute approximate surface area is 82.4 Å². The first kappa shape index (κ1) is 9.79. The number of aryl methyl sites for hydroxylation is 1. The molecule has 3 nitrogen and oxygen atoms in total. The summed E-state index contributed by atoms with van der Waals surface area (Å²) in [4.78, 5) is 0. The summed E-state index contributed by atoms with van der Waals surface area (Å²) in [5.74, 6) is 0. The standard InChI is InChI=1S/C7H6ClF3N2O/c1-13-6(8)4(3-2-14-3)5(12-13)7(9,10)11/h3H,2H2,1H3. The second-order valence-corrected chi connectivity index (χ2v) is 3.35. The third-order valence-electron chi connectivity index (χ3n) is 1.94. The van der Waals surface area contributed by atoms with Crippen LogP contribution in [-0.2, 0) is 18.0 Å². The van der Waals surface area contributed by atoms with Gasteiger partial charge in [0, 0.05) is 7.05 Å². The Hall–Kier alpha value is -0.750. The molecule has 0 spiro atoms. The van der Waals surface area contributed by atoms with E-state index in [0.717, 1.165) is 4.68 Å². The lowest BCUT2D eigenvalue weighted by molar-refractivity contribution is -0.142. The summed E-state index contributed by atoms with van der Waals surface area (Å²) < 4.78 is 43.1. The van der Waals surface area contributed by atoms with E-state index in [0.29, 0.717) is 0 Å². The first-order chi connectivity index (χ1) is 6.41. The quantitative estimate of drug-likeness (QED) is 0.687. The number of hydrogen-bond donors (Lipinski definition) is 0. The summed E-state index contributed by atoms with van der Waals surface area (Å²) in [7, 11) is 1.36. The Kier molecular flexibility index (Phi) is 2.01. The van der Waals surface area contributed by atoms with Gasteiger partial charge in [-0.05, 0) is 0 Å². The second-order valence-electron chi connectivity index (χ2n) is 3.00. The predicted molar refractivity (Wildman–Crippen MR) is 41.9 cm³/mol. The van der Waals surface area contributed by atoms with Crippen molar-refractivity contribution in [2.75, 3.05) is 6.61 Å². The van der Waals surface area contributed by atoms with Crippen LogP contribution in [0.2, 0.25) is 5.15 Å². The van der Waals surface area contributed by atoms with Crippen molar-refractivity contribution in [1.82, 2.24) is 9.78 Å². The van der Waals surface area contributed by atoms with Gasteiger partial charge in [0.2, 0.25) is 0 Å². The van der Waals surface area contributed by atoms with Gasteiger partial charge in [-0.25, -0.2) is 0 Å². The Morgan fingerprint density at radius 1 is 1.57 bits per heavy atom. The molecule has 1 atom stereocenters. The highest BCUT2D eigenvalue weighted by atomic mass is 35.5. The van der Waals surface area contributed by atoms with Crippen LogP contribution < -0.4 is 0 Å². The Bertz CT molecular complexity index is 370. The lowest BCUT2D eigenvalue weighted by atomic mass is 10.2. The van der Waals surface area contributed by atoms with Gasteiger partial charge in [0.05, 0.1) is 12.2 Å². The predicted octanol–water partition coefficient (Wildman–Crippen LogP) is 2.16. The lowest BCUT2D eigenvalue weighted by Crippen LogP contribution is -2.09. The summed E-state index contributed by atoms with van der Waals surface area (Å²) in [5, 5.41) is 3.31. The number of ether oxygens (including phenoxy) is 1. The molecule has 0 bridgehead atoms. The topological polar surface area (TPSA) is 30.4 Å². The molecule has 14 heavy (non-hydrogen) atoms. The number of epoxide rings is 1. The van der Waals surface area contributed by atoms with Crippen molar-refractivity contribution in [3.8, 4) is 0 Å². The summed E-state index contributed by atoms with van der Waals surface area (Å²) in [6.07, 6.45) is -5.03. The average molecular weight is 227 g/mol. The zero-order chi connectivity index (χ0) is 10.5. The van der Waals surface area contributed by atoms with Crippen molar-refractivity contribution in [3.05, 3.63) is 16.4 Å². The average Bonchev–Trinajstić information content (AvgIpc) is 2.81. The van der Waals surface area contributed by atoms with Crippen molar-refractivity contribution in [1.29, 1.82) is 0 Å². The maximum absolute atomic E-state index is 12.4. The Morgan fingerprint density at radius 3 is 2.57 bits per heavy atom. The number of hydrogen-bond acceptors (Lipinski definition) is 2. The van der Waals surface area contributed by atoms with Crippen LogP contribution in [0.3, 0.4) is 0 Å². The molecule has 1 aromatic rings. The summed E-state index contributed by atoms with van der Waals surface area (Å²) in [6, 6.07) is 0. The third kappa shape index (κ3) is 1.48. The number of halogens is 4.